The minimum absolute atomic E-state index is 0.00861. The molecule has 6 rings (SSSR count). The van der Waals surface area contributed by atoms with Gasteiger partial charge in [-0.05, 0) is 68.4 Å². The van der Waals surface area contributed by atoms with Gasteiger partial charge in [0.2, 0.25) is 11.8 Å². The first kappa shape index (κ1) is 20.8. The zero-order valence-corrected chi connectivity index (χ0v) is 18.6. The smallest absolute Gasteiger partial charge is 0.304 e. The van der Waals surface area contributed by atoms with Crippen molar-refractivity contribution in [3.05, 3.63) is 29.8 Å². The minimum Gasteiger partial charge on any atom is -0.369 e. The maximum atomic E-state index is 13.1. The quantitative estimate of drug-likeness (QED) is 0.707. The molecule has 1 aromatic carbocycles. The van der Waals surface area contributed by atoms with Crippen LogP contribution in [0.5, 0.6) is 0 Å². The highest BCUT2D eigenvalue weighted by Gasteiger charge is 2.58. The van der Waals surface area contributed by atoms with Crippen LogP contribution >= 0.6 is 0 Å². The van der Waals surface area contributed by atoms with E-state index in [2.05, 4.69) is 5.32 Å². The van der Waals surface area contributed by atoms with Crippen LogP contribution in [0.3, 0.4) is 0 Å². The molecule has 168 valence electrons. The topological polar surface area (TPSA) is 113 Å². The number of anilines is 1. The van der Waals surface area contributed by atoms with E-state index in [-0.39, 0.29) is 42.8 Å². The number of primary amides is 1. The summed E-state index contributed by atoms with van der Waals surface area (Å²) >= 11 is 0. The summed E-state index contributed by atoms with van der Waals surface area (Å²) in [6.07, 6.45) is 4.39. The zero-order chi connectivity index (χ0) is 22.0. The molecule has 1 aliphatic heterocycles. The SMILES string of the molecule is Cc1ccccc1N1CCN(CC(=O)NC2C3CC4CC2CC(C(N)=O)(C4)C3)S1(=O)=O. The molecule has 4 bridgehead atoms. The fraction of sp³-hybridized carbons (Fsp3) is 0.636. The number of benzene rings is 1. The van der Waals surface area contributed by atoms with Gasteiger partial charge < -0.3 is 11.1 Å². The highest BCUT2D eigenvalue weighted by atomic mass is 32.2. The summed E-state index contributed by atoms with van der Waals surface area (Å²) in [7, 11) is -3.74. The number of rotatable bonds is 5. The lowest BCUT2D eigenvalue weighted by Crippen LogP contribution is -2.62. The van der Waals surface area contributed by atoms with Crippen molar-refractivity contribution in [2.75, 3.05) is 23.9 Å². The van der Waals surface area contributed by atoms with Gasteiger partial charge in [0.05, 0.1) is 12.2 Å². The highest BCUT2D eigenvalue weighted by Crippen LogP contribution is 2.59. The first-order valence-corrected chi connectivity index (χ1v) is 12.5. The van der Waals surface area contributed by atoms with Crippen molar-refractivity contribution < 1.29 is 18.0 Å². The third-order valence-corrected chi connectivity index (χ3v) is 9.89. The Hall–Kier alpha value is -2.13. The number of hydrogen-bond acceptors (Lipinski definition) is 4. The van der Waals surface area contributed by atoms with Gasteiger partial charge in [0.1, 0.15) is 0 Å². The molecule has 31 heavy (non-hydrogen) atoms. The molecule has 0 radical (unpaired) electrons. The number of aryl methyl sites for hydroxylation is 1. The Balaban J connectivity index is 1.26. The molecule has 9 heteroatoms. The standard InChI is InChI=1S/C22H30N4O4S/c1-14-4-2-3-5-18(14)26-7-6-25(31(26,29)30)13-19(27)24-20-16-8-15-9-17(20)12-22(10-15,11-16)21(23)28/h2-5,15-17,20H,6-13H2,1H3,(H2,23,28)(H,24,27). The second-order valence-corrected chi connectivity index (χ2v) is 11.8. The maximum absolute atomic E-state index is 13.1. The van der Waals surface area contributed by atoms with Gasteiger partial charge in [-0.15, -0.1) is 0 Å². The summed E-state index contributed by atoms with van der Waals surface area (Å²) < 4.78 is 28.8. The third-order valence-electron chi connectivity index (χ3n) is 7.98. The third kappa shape index (κ3) is 3.33. The minimum atomic E-state index is -3.74. The lowest BCUT2D eigenvalue weighted by molar-refractivity contribution is -0.147. The predicted molar refractivity (Wildman–Crippen MR) is 116 cm³/mol. The van der Waals surface area contributed by atoms with Crippen molar-refractivity contribution in [3.8, 4) is 0 Å². The number of nitrogens with two attached hydrogens (primary N) is 1. The van der Waals surface area contributed by atoms with Crippen molar-refractivity contribution in [2.24, 2.45) is 28.9 Å². The van der Waals surface area contributed by atoms with Crippen molar-refractivity contribution in [1.29, 1.82) is 0 Å². The molecule has 1 heterocycles. The Morgan fingerprint density at radius 3 is 2.45 bits per heavy atom. The largest absolute Gasteiger partial charge is 0.369 e. The fourth-order valence-corrected chi connectivity index (χ4v) is 8.41. The molecule has 5 fully saturated rings. The van der Waals surface area contributed by atoms with Gasteiger partial charge in [0, 0.05) is 24.5 Å². The van der Waals surface area contributed by atoms with Crippen LogP contribution in [-0.2, 0) is 19.8 Å². The molecule has 0 spiro atoms. The maximum Gasteiger partial charge on any atom is 0.304 e. The predicted octanol–water partition coefficient (Wildman–Crippen LogP) is 1.16. The van der Waals surface area contributed by atoms with Crippen LogP contribution in [-0.4, -0.2) is 50.2 Å². The Kier molecular flexibility index (Phi) is 4.82. The molecule has 1 saturated heterocycles. The molecule has 4 aliphatic carbocycles. The van der Waals surface area contributed by atoms with Gasteiger partial charge in [0.15, 0.2) is 0 Å². The first-order chi connectivity index (χ1) is 14.7. The van der Waals surface area contributed by atoms with E-state index < -0.39 is 15.6 Å². The van der Waals surface area contributed by atoms with E-state index in [1.165, 1.54) is 8.61 Å². The second-order valence-electron chi connectivity index (χ2n) is 9.91. The van der Waals surface area contributed by atoms with Crippen molar-refractivity contribution in [2.45, 2.75) is 45.1 Å². The van der Waals surface area contributed by atoms with Gasteiger partial charge in [0.25, 0.3) is 0 Å². The van der Waals surface area contributed by atoms with Crippen LogP contribution in [0.1, 0.15) is 37.7 Å². The number of para-hydroxylation sites is 1. The molecule has 2 unspecified atom stereocenters. The molecule has 1 aromatic rings. The van der Waals surface area contributed by atoms with Crippen LogP contribution in [0.2, 0.25) is 0 Å². The number of hydrogen-bond donors (Lipinski definition) is 2. The molecule has 0 aromatic heterocycles. The van der Waals surface area contributed by atoms with E-state index >= 15 is 0 Å². The molecule has 2 atom stereocenters. The highest BCUT2D eigenvalue weighted by molar-refractivity contribution is 7.90. The van der Waals surface area contributed by atoms with Crippen LogP contribution in [0, 0.1) is 30.1 Å². The number of amides is 2. The molecule has 8 nitrogen and oxygen atoms in total. The Morgan fingerprint density at radius 1 is 1.13 bits per heavy atom. The van der Waals surface area contributed by atoms with E-state index in [0.29, 0.717) is 18.2 Å². The van der Waals surface area contributed by atoms with Gasteiger partial charge in [-0.3, -0.25) is 13.9 Å². The van der Waals surface area contributed by atoms with Crippen LogP contribution < -0.4 is 15.4 Å². The van der Waals surface area contributed by atoms with E-state index in [9.17, 15) is 18.0 Å². The number of nitrogens with one attached hydrogen (secondary N) is 1. The number of carbonyl (C=O) groups is 2. The molecular formula is C22H30N4O4S. The molecule has 4 saturated carbocycles. The van der Waals surface area contributed by atoms with E-state index in [0.717, 1.165) is 37.7 Å². The number of nitrogens with zero attached hydrogens (tertiary/aromatic N) is 2. The lowest BCUT2D eigenvalue weighted by atomic mass is 9.47. The summed E-state index contributed by atoms with van der Waals surface area (Å²) in [6.45, 7) is 2.32. The molecular weight excluding hydrogens is 416 g/mol. The number of carbonyl (C=O) groups excluding carboxylic acids is 2. The Labute approximate surface area is 183 Å². The van der Waals surface area contributed by atoms with Crippen molar-refractivity contribution >= 4 is 27.7 Å². The molecule has 2 amide bonds. The van der Waals surface area contributed by atoms with Gasteiger partial charge in [-0.2, -0.15) is 12.7 Å². The molecule has 5 aliphatic rings. The summed E-state index contributed by atoms with van der Waals surface area (Å²) in [5.74, 6) is 0.555. The summed E-state index contributed by atoms with van der Waals surface area (Å²) in [6, 6.07) is 7.37. The van der Waals surface area contributed by atoms with Gasteiger partial charge >= 0.3 is 10.2 Å². The Morgan fingerprint density at radius 2 is 1.81 bits per heavy atom. The van der Waals surface area contributed by atoms with E-state index in [1.54, 1.807) is 6.07 Å². The average molecular weight is 447 g/mol. The summed E-state index contributed by atoms with van der Waals surface area (Å²) in [5, 5.41) is 3.13. The average Bonchev–Trinajstić information content (AvgIpc) is 2.98. The molecule has 3 N–H and O–H groups in total. The summed E-state index contributed by atoms with van der Waals surface area (Å²) in [5.41, 5.74) is 6.88. The second kappa shape index (κ2) is 7.20. The fourth-order valence-electron chi connectivity index (χ4n) is 6.77. The van der Waals surface area contributed by atoms with Gasteiger partial charge in [-0.25, -0.2) is 0 Å². The monoisotopic (exact) mass is 446 g/mol. The van der Waals surface area contributed by atoms with Crippen LogP contribution in [0.4, 0.5) is 5.69 Å². The Bertz CT molecular complexity index is 1010. The first-order valence-electron chi connectivity index (χ1n) is 11.1. The van der Waals surface area contributed by atoms with E-state index in [4.69, 9.17) is 5.73 Å². The van der Waals surface area contributed by atoms with Gasteiger partial charge in [-0.1, -0.05) is 18.2 Å². The van der Waals surface area contributed by atoms with E-state index in [1.807, 2.05) is 25.1 Å². The zero-order valence-electron chi connectivity index (χ0n) is 17.8. The lowest BCUT2D eigenvalue weighted by Gasteiger charge is -2.58. The van der Waals surface area contributed by atoms with Crippen LogP contribution in [0.25, 0.3) is 0 Å². The van der Waals surface area contributed by atoms with Crippen molar-refractivity contribution in [3.63, 3.8) is 0 Å². The van der Waals surface area contributed by atoms with Crippen LogP contribution in [0.15, 0.2) is 24.3 Å². The summed E-state index contributed by atoms with van der Waals surface area (Å²) in [4.78, 5) is 25.0. The normalized spacial score (nSPS) is 36.0. The van der Waals surface area contributed by atoms with Crippen molar-refractivity contribution in [1.82, 2.24) is 9.62 Å².